The second-order valence-corrected chi connectivity index (χ2v) is 6.37. The Morgan fingerprint density at radius 1 is 1.19 bits per heavy atom. The summed E-state index contributed by atoms with van der Waals surface area (Å²) >= 11 is 0. The van der Waals surface area contributed by atoms with Gasteiger partial charge in [-0.15, -0.1) is 5.73 Å². The van der Waals surface area contributed by atoms with Gasteiger partial charge in [-0.05, 0) is 87.9 Å². The van der Waals surface area contributed by atoms with Gasteiger partial charge in [0.2, 0.25) is 0 Å². The molecule has 0 heterocycles. The van der Waals surface area contributed by atoms with Crippen molar-refractivity contribution in [1.29, 1.82) is 0 Å². The SMILES string of the molecule is CCOC(=O)/C=C(\C)CC=C=C(C)/C=C/c1c(C)cc(OC)c(C)c1C. The van der Waals surface area contributed by atoms with Gasteiger partial charge in [-0.3, -0.25) is 0 Å². The summed E-state index contributed by atoms with van der Waals surface area (Å²) in [5.74, 6) is 0.632. The molecule has 0 atom stereocenters. The standard InChI is InChI=1S/C23H30O3/c1-8-26-23(24)14-17(3)11-9-10-16(2)12-13-21-18(4)15-22(25-7)20(6)19(21)5/h9,12-15H,8,11H2,1-7H3/b13-12+,17-14+. The van der Waals surface area contributed by atoms with Gasteiger partial charge in [0.05, 0.1) is 13.7 Å². The Morgan fingerprint density at radius 2 is 1.88 bits per heavy atom. The van der Waals surface area contributed by atoms with Crippen LogP contribution in [0.3, 0.4) is 0 Å². The number of hydrogen-bond donors (Lipinski definition) is 0. The lowest BCUT2D eigenvalue weighted by molar-refractivity contribution is -0.137. The van der Waals surface area contributed by atoms with Gasteiger partial charge in [0.1, 0.15) is 5.75 Å². The highest BCUT2D eigenvalue weighted by Crippen LogP contribution is 2.28. The monoisotopic (exact) mass is 354 g/mol. The van der Waals surface area contributed by atoms with Crippen molar-refractivity contribution < 1.29 is 14.3 Å². The van der Waals surface area contributed by atoms with Gasteiger partial charge in [-0.2, -0.15) is 0 Å². The average Bonchev–Trinajstić information content (AvgIpc) is 2.58. The molecule has 0 aromatic heterocycles. The predicted octanol–water partition coefficient (Wildman–Crippen LogP) is 5.63. The number of benzene rings is 1. The maximum atomic E-state index is 11.4. The fraction of sp³-hybridized carbons (Fsp3) is 0.391. The lowest BCUT2D eigenvalue weighted by atomic mass is 9.96. The van der Waals surface area contributed by atoms with E-state index in [0.29, 0.717) is 13.0 Å². The Morgan fingerprint density at radius 3 is 2.50 bits per heavy atom. The van der Waals surface area contributed by atoms with Crippen LogP contribution >= 0.6 is 0 Å². The highest BCUT2D eigenvalue weighted by Gasteiger charge is 2.08. The highest BCUT2D eigenvalue weighted by molar-refractivity contribution is 5.82. The molecule has 0 aliphatic carbocycles. The molecular formula is C23H30O3. The molecule has 0 aliphatic rings. The smallest absolute Gasteiger partial charge is 0.330 e. The van der Waals surface area contributed by atoms with E-state index in [1.165, 1.54) is 22.8 Å². The molecular weight excluding hydrogens is 324 g/mol. The number of carbonyl (C=O) groups is 1. The minimum absolute atomic E-state index is 0.292. The van der Waals surface area contributed by atoms with E-state index in [4.69, 9.17) is 9.47 Å². The summed E-state index contributed by atoms with van der Waals surface area (Å²) in [6, 6.07) is 2.07. The summed E-state index contributed by atoms with van der Waals surface area (Å²) in [6.07, 6.45) is 8.31. The molecule has 0 amide bonds. The second-order valence-electron chi connectivity index (χ2n) is 6.37. The van der Waals surface area contributed by atoms with E-state index in [9.17, 15) is 4.79 Å². The number of aryl methyl sites for hydroxylation is 1. The minimum atomic E-state index is -0.292. The summed E-state index contributed by atoms with van der Waals surface area (Å²) in [5, 5.41) is 0. The summed E-state index contributed by atoms with van der Waals surface area (Å²) in [7, 11) is 1.70. The van der Waals surface area contributed by atoms with Crippen molar-refractivity contribution in [2.24, 2.45) is 0 Å². The quantitative estimate of drug-likeness (QED) is 0.275. The summed E-state index contributed by atoms with van der Waals surface area (Å²) in [6.45, 7) is 12.4. The summed E-state index contributed by atoms with van der Waals surface area (Å²) in [4.78, 5) is 11.4. The van der Waals surface area contributed by atoms with Crippen LogP contribution in [-0.2, 0) is 9.53 Å². The molecule has 140 valence electrons. The van der Waals surface area contributed by atoms with Crippen LogP contribution in [-0.4, -0.2) is 19.7 Å². The van der Waals surface area contributed by atoms with Crippen LogP contribution in [0.1, 0.15) is 49.4 Å². The molecule has 0 spiro atoms. The first-order valence-corrected chi connectivity index (χ1v) is 8.88. The number of rotatable bonds is 7. The molecule has 0 unspecified atom stereocenters. The van der Waals surface area contributed by atoms with Crippen LogP contribution in [0.15, 0.2) is 41.2 Å². The Balaban J connectivity index is 2.90. The van der Waals surface area contributed by atoms with E-state index in [2.05, 4.69) is 44.7 Å². The Kier molecular flexibility index (Phi) is 8.67. The minimum Gasteiger partial charge on any atom is -0.496 e. The van der Waals surface area contributed by atoms with Crippen LogP contribution in [0.5, 0.6) is 5.75 Å². The molecule has 3 heteroatoms. The first-order chi connectivity index (χ1) is 12.3. The third kappa shape index (κ3) is 6.42. The van der Waals surface area contributed by atoms with E-state index in [1.54, 1.807) is 14.0 Å². The van der Waals surface area contributed by atoms with Crippen LogP contribution in [0.2, 0.25) is 0 Å². The second kappa shape index (κ2) is 10.5. The largest absolute Gasteiger partial charge is 0.496 e. The Labute approximate surface area is 157 Å². The zero-order valence-corrected chi connectivity index (χ0v) is 17.0. The third-order valence-corrected chi connectivity index (χ3v) is 4.23. The topological polar surface area (TPSA) is 35.5 Å². The zero-order chi connectivity index (χ0) is 19.7. The van der Waals surface area contributed by atoms with E-state index >= 15 is 0 Å². The molecule has 1 rings (SSSR count). The number of hydrogen-bond acceptors (Lipinski definition) is 3. The number of ether oxygens (including phenoxy) is 2. The highest BCUT2D eigenvalue weighted by atomic mass is 16.5. The van der Waals surface area contributed by atoms with Crippen LogP contribution in [0.4, 0.5) is 0 Å². The van der Waals surface area contributed by atoms with Crippen molar-refractivity contribution in [2.45, 2.75) is 48.0 Å². The van der Waals surface area contributed by atoms with E-state index in [-0.39, 0.29) is 5.97 Å². The molecule has 26 heavy (non-hydrogen) atoms. The maximum absolute atomic E-state index is 11.4. The molecule has 0 N–H and O–H groups in total. The van der Waals surface area contributed by atoms with Gasteiger partial charge in [0, 0.05) is 6.08 Å². The van der Waals surface area contributed by atoms with E-state index in [1.807, 2.05) is 19.9 Å². The molecule has 3 nitrogen and oxygen atoms in total. The number of carbonyl (C=O) groups excluding carboxylic acids is 1. The normalized spacial score (nSPS) is 11.3. The molecule has 0 aliphatic heterocycles. The lowest BCUT2D eigenvalue weighted by Gasteiger charge is -2.13. The van der Waals surface area contributed by atoms with Crippen molar-refractivity contribution in [1.82, 2.24) is 0 Å². The zero-order valence-electron chi connectivity index (χ0n) is 17.0. The summed E-state index contributed by atoms with van der Waals surface area (Å²) in [5.41, 5.74) is 10.0. The van der Waals surface area contributed by atoms with E-state index < -0.39 is 0 Å². The van der Waals surface area contributed by atoms with Gasteiger partial charge in [0.25, 0.3) is 0 Å². The Hall–Kier alpha value is -2.51. The average molecular weight is 354 g/mol. The first kappa shape index (κ1) is 21.5. The third-order valence-electron chi connectivity index (χ3n) is 4.23. The molecule has 0 fully saturated rings. The van der Waals surface area contributed by atoms with E-state index in [0.717, 1.165) is 22.5 Å². The summed E-state index contributed by atoms with van der Waals surface area (Å²) < 4.78 is 10.3. The fourth-order valence-corrected chi connectivity index (χ4v) is 2.61. The van der Waals surface area contributed by atoms with Gasteiger partial charge in [-0.25, -0.2) is 4.79 Å². The van der Waals surface area contributed by atoms with Gasteiger partial charge >= 0.3 is 5.97 Å². The number of allylic oxidation sites excluding steroid dienone is 3. The molecule has 0 saturated carbocycles. The van der Waals surface area contributed by atoms with Crippen molar-refractivity contribution >= 4 is 12.0 Å². The molecule has 0 bridgehead atoms. The molecule has 0 saturated heterocycles. The van der Waals surface area contributed by atoms with Crippen molar-refractivity contribution in [3.8, 4) is 5.75 Å². The van der Waals surface area contributed by atoms with Gasteiger partial charge in [-0.1, -0.05) is 17.7 Å². The van der Waals surface area contributed by atoms with Crippen molar-refractivity contribution in [3.05, 3.63) is 63.4 Å². The maximum Gasteiger partial charge on any atom is 0.330 e. The first-order valence-electron chi connectivity index (χ1n) is 8.88. The number of esters is 1. The molecule has 1 aromatic carbocycles. The van der Waals surface area contributed by atoms with Crippen LogP contribution in [0.25, 0.3) is 6.08 Å². The van der Waals surface area contributed by atoms with Crippen LogP contribution in [0, 0.1) is 20.8 Å². The van der Waals surface area contributed by atoms with Gasteiger partial charge < -0.3 is 9.47 Å². The predicted molar refractivity (Wildman–Crippen MR) is 109 cm³/mol. The van der Waals surface area contributed by atoms with Crippen molar-refractivity contribution in [3.63, 3.8) is 0 Å². The number of methoxy groups -OCH3 is 1. The molecule has 0 radical (unpaired) electrons. The van der Waals surface area contributed by atoms with Gasteiger partial charge in [0.15, 0.2) is 0 Å². The van der Waals surface area contributed by atoms with Crippen molar-refractivity contribution in [2.75, 3.05) is 13.7 Å². The Bertz CT molecular complexity index is 773. The van der Waals surface area contributed by atoms with Crippen LogP contribution < -0.4 is 4.74 Å². The fourth-order valence-electron chi connectivity index (χ4n) is 2.61. The lowest BCUT2D eigenvalue weighted by Crippen LogP contribution is -2.00. The molecule has 1 aromatic rings.